The Bertz CT molecular complexity index is 380. The molecule has 0 spiro atoms. The van der Waals surface area contributed by atoms with Gasteiger partial charge in [-0.05, 0) is 32.6 Å². The molecule has 1 unspecified atom stereocenters. The third-order valence-electron chi connectivity index (χ3n) is 3.03. The highest BCUT2D eigenvalue weighted by Crippen LogP contribution is 2.37. The Hall–Kier alpha value is -0.610. The largest absolute Gasteiger partial charge is 0.345 e. The van der Waals surface area contributed by atoms with Gasteiger partial charge in [0, 0.05) is 23.5 Å². The molecule has 1 fully saturated rings. The SMILES string of the molecule is Cc1nc(N(CC(C)C)C2CC2)sc1C(C)N. The second-order valence-electron chi connectivity index (χ2n) is 5.51. The summed E-state index contributed by atoms with van der Waals surface area (Å²) < 4.78 is 0. The maximum atomic E-state index is 5.97. The fourth-order valence-electron chi connectivity index (χ4n) is 2.10. The summed E-state index contributed by atoms with van der Waals surface area (Å²) in [5, 5.41) is 1.17. The van der Waals surface area contributed by atoms with Crippen LogP contribution in [0.4, 0.5) is 5.13 Å². The van der Waals surface area contributed by atoms with Crippen molar-refractivity contribution in [1.82, 2.24) is 4.98 Å². The van der Waals surface area contributed by atoms with E-state index in [4.69, 9.17) is 10.7 Å². The molecule has 1 aromatic rings. The van der Waals surface area contributed by atoms with Gasteiger partial charge in [0.15, 0.2) is 5.13 Å². The van der Waals surface area contributed by atoms with Crippen LogP contribution < -0.4 is 10.6 Å². The molecule has 3 nitrogen and oxygen atoms in total. The van der Waals surface area contributed by atoms with Crippen LogP contribution in [0.2, 0.25) is 0 Å². The first-order valence-electron chi connectivity index (χ1n) is 6.48. The average molecular weight is 253 g/mol. The lowest BCUT2D eigenvalue weighted by molar-refractivity contribution is 0.606. The summed E-state index contributed by atoms with van der Waals surface area (Å²) in [6, 6.07) is 0.824. The van der Waals surface area contributed by atoms with Crippen LogP contribution in [0.15, 0.2) is 0 Å². The maximum Gasteiger partial charge on any atom is 0.186 e. The highest BCUT2D eigenvalue weighted by molar-refractivity contribution is 7.15. The molecule has 17 heavy (non-hydrogen) atoms. The fraction of sp³-hybridized carbons (Fsp3) is 0.769. The predicted molar refractivity (Wildman–Crippen MR) is 74.7 cm³/mol. The smallest absolute Gasteiger partial charge is 0.186 e. The van der Waals surface area contributed by atoms with E-state index in [-0.39, 0.29) is 6.04 Å². The molecule has 1 heterocycles. The molecule has 4 heteroatoms. The van der Waals surface area contributed by atoms with Gasteiger partial charge >= 0.3 is 0 Å². The zero-order chi connectivity index (χ0) is 12.6. The zero-order valence-electron chi connectivity index (χ0n) is 11.2. The minimum Gasteiger partial charge on any atom is -0.345 e. The average Bonchev–Trinajstić information content (AvgIpc) is 2.97. The number of hydrogen-bond acceptors (Lipinski definition) is 4. The fourth-order valence-corrected chi connectivity index (χ4v) is 3.20. The summed E-state index contributed by atoms with van der Waals surface area (Å²) in [5.74, 6) is 0.679. The van der Waals surface area contributed by atoms with Crippen LogP contribution in [-0.2, 0) is 0 Å². The molecule has 1 saturated carbocycles. The van der Waals surface area contributed by atoms with Crippen molar-refractivity contribution in [2.75, 3.05) is 11.4 Å². The van der Waals surface area contributed by atoms with Gasteiger partial charge in [0.25, 0.3) is 0 Å². The lowest BCUT2D eigenvalue weighted by Crippen LogP contribution is -2.29. The lowest BCUT2D eigenvalue weighted by atomic mass is 10.2. The highest BCUT2D eigenvalue weighted by atomic mass is 32.1. The lowest BCUT2D eigenvalue weighted by Gasteiger charge is -2.23. The minimum absolute atomic E-state index is 0.0985. The van der Waals surface area contributed by atoms with Crippen LogP contribution in [0.3, 0.4) is 0 Å². The number of nitrogens with two attached hydrogens (primary N) is 1. The molecule has 0 bridgehead atoms. The third-order valence-corrected chi connectivity index (χ3v) is 4.43. The van der Waals surface area contributed by atoms with E-state index in [0.29, 0.717) is 5.92 Å². The Balaban J connectivity index is 2.20. The first-order chi connectivity index (χ1) is 7.99. The predicted octanol–water partition coefficient (Wildman–Crippen LogP) is 3.10. The van der Waals surface area contributed by atoms with Gasteiger partial charge in [-0.25, -0.2) is 4.98 Å². The monoisotopic (exact) mass is 253 g/mol. The van der Waals surface area contributed by atoms with Gasteiger partial charge in [-0.15, -0.1) is 11.3 Å². The standard InChI is InChI=1S/C13H23N3S/c1-8(2)7-16(11-5-6-11)13-15-10(4)12(17-13)9(3)14/h8-9,11H,5-7,14H2,1-4H3. The third kappa shape index (κ3) is 2.99. The van der Waals surface area contributed by atoms with Crippen LogP contribution in [0.25, 0.3) is 0 Å². The van der Waals surface area contributed by atoms with Gasteiger partial charge in [0.05, 0.1) is 5.69 Å². The molecule has 0 saturated heterocycles. The summed E-state index contributed by atoms with van der Waals surface area (Å²) in [4.78, 5) is 8.42. The summed E-state index contributed by atoms with van der Waals surface area (Å²) >= 11 is 1.78. The van der Waals surface area contributed by atoms with E-state index in [1.807, 2.05) is 6.92 Å². The number of aryl methyl sites for hydroxylation is 1. The Morgan fingerprint density at radius 3 is 2.47 bits per heavy atom. The molecule has 2 N–H and O–H groups in total. The summed E-state index contributed by atoms with van der Waals surface area (Å²) in [7, 11) is 0. The van der Waals surface area contributed by atoms with E-state index in [0.717, 1.165) is 18.3 Å². The number of hydrogen-bond donors (Lipinski definition) is 1. The van der Waals surface area contributed by atoms with E-state index >= 15 is 0 Å². The van der Waals surface area contributed by atoms with Crippen molar-refractivity contribution >= 4 is 16.5 Å². The molecule has 0 radical (unpaired) electrons. The van der Waals surface area contributed by atoms with Gasteiger partial charge in [0.2, 0.25) is 0 Å². The van der Waals surface area contributed by atoms with Gasteiger partial charge in [-0.1, -0.05) is 13.8 Å². The molecule has 1 aliphatic rings. The number of anilines is 1. The minimum atomic E-state index is 0.0985. The molecular formula is C13H23N3S. The molecule has 1 aromatic heterocycles. The number of thiazole rings is 1. The quantitative estimate of drug-likeness (QED) is 0.877. The van der Waals surface area contributed by atoms with Crippen molar-refractivity contribution in [3.05, 3.63) is 10.6 Å². The summed E-state index contributed by atoms with van der Waals surface area (Å²) in [5.41, 5.74) is 7.08. The molecular weight excluding hydrogens is 230 g/mol. The van der Waals surface area contributed by atoms with Crippen LogP contribution in [0.5, 0.6) is 0 Å². The summed E-state index contributed by atoms with van der Waals surface area (Å²) in [6.07, 6.45) is 2.64. The Morgan fingerprint density at radius 1 is 1.41 bits per heavy atom. The zero-order valence-corrected chi connectivity index (χ0v) is 12.0. The molecule has 0 aromatic carbocycles. The number of aromatic nitrogens is 1. The molecule has 96 valence electrons. The van der Waals surface area contributed by atoms with Crippen LogP contribution in [-0.4, -0.2) is 17.6 Å². The van der Waals surface area contributed by atoms with Gasteiger partial charge in [0.1, 0.15) is 0 Å². The van der Waals surface area contributed by atoms with E-state index in [1.54, 1.807) is 11.3 Å². The van der Waals surface area contributed by atoms with Crippen LogP contribution in [0, 0.1) is 12.8 Å². The van der Waals surface area contributed by atoms with Crippen molar-refractivity contribution in [3.8, 4) is 0 Å². The van der Waals surface area contributed by atoms with E-state index in [1.165, 1.54) is 22.9 Å². The van der Waals surface area contributed by atoms with Gasteiger partial charge in [-0.3, -0.25) is 0 Å². The Morgan fingerprint density at radius 2 is 2.06 bits per heavy atom. The van der Waals surface area contributed by atoms with Crippen molar-refractivity contribution in [2.45, 2.75) is 52.6 Å². The summed E-state index contributed by atoms with van der Waals surface area (Å²) in [6.45, 7) is 9.74. The van der Waals surface area contributed by atoms with Crippen molar-refractivity contribution in [3.63, 3.8) is 0 Å². The first-order valence-corrected chi connectivity index (χ1v) is 7.30. The van der Waals surface area contributed by atoms with E-state index < -0.39 is 0 Å². The van der Waals surface area contributed by atoms with Crippen LogP contribution >= 0.6 is 11.3 Å². The molecule has 1 aliphatic carbocycles. The van der Waals surface area contributed by atoms with E-state index in [9.17, 15) is 0 Å². The Labute approximate surface area is 108 Å². The molecule has 1 atom stereocenters. The van der Waals surface area contributed by atoms with Crippen molar-refractivity contribution in [1.29, 1.82) is 0 Å². The second-order valence-corrected chi connectivity index (χ2v) is 6.52. The topological polar surface area (TPSA) is 42.2 Å². The van der Waals surface area contributed by atoms with Gasteiger partial charge in [-0.2, -0.15) is 0 Å². The van der Waals surface area contributed by atoms with E-state index in [2.05, 4.69) is 25.7 Å². The second kappa shape index (κ2) is 4.94. The molecule has 0 aliphatic heterocycles. The molecule has 2 rings (SSSR count). The number of nitrogens with zero attached hydrogens (tertiary/aromatic N) is 2. The normalized spacial score (nSPS) is 17.5. The Kier molecular flexibility index (Phi) is 3.73. The molecule has 0 amide bonds. The van der Waals surface area contributed by atoms with Crippen molar-refractivity contribution in [2.24, 2.45) is 11.7 Å². The van der Waals surface area contributed by atoms with Crippen LogP contribution in [0.1, 0.15) is 50.2 Å². The van der Waals surface area contributed by atoms with Gasteiger partial charge < -0.3 is 10.6 Å². The van der Waals surface area contributed by atoms with Crippen molar-refractivity contribution < 1.29 is 0 Å². The highest BCUT2D eigenvalue weighted by Gasteiger charge is 2.31. The first kappa shape index (κ1) is 12.8. The number of rotatable bonds is 5. The maximum absolute atomic E-state index is 5.97.